The van der Waals surface area contributed by atoms with E-state index >= 15 is 0 Å². The molecule has 16 aromatic carbocycles. The molecule has 0 aliphatic carbocycles. The van der Waals surface area contributed by atoms with E-state index in [4.69, 9.17) is 24.9 Å². The average molecular weight is 1430 g/mol. The highest BCUT2D eigenvalue weighted by atomic mass is 15.0. The molecule has 0 aliphatic rings. The quantitative estimate of drug-likeness (QED) is 0.122. The van der Waals surface area contributed by atoms with E-state index in [1.54, 1.807) is 0 Å². The van der Waals surface area contributed by atoms with Crippen molar-refractivity contribution in [3.63, 3.8) is 0 Å². The number of para-hydroxylation sites is 6. The van der Waals surface area contributed by atoms with Crippen molar-refractivity contribution in [1.82, 2.24) is 43.2 Å². The maximum absolute atomic E-state index is 5.13. The Morgan fingerprint density at radius 3 is 0.821 bits per heavy atom. The van der Waals surface area contributed by atoms with Crippen LogP contribution in [0.5, 0.6) is 0 Å². The lowest BCUT2D eigenvalue weighted by molar-refractivity contribution is 1.07. The topological polar surface area (TPSA) is 84.2 Å². The standard InChI is InChI=1S/C52H34N4.C51H33N5/c1-4-15-35(16-5-1)46-34-47(36-17-6-2-7-18-36)54-52(53-46)39-19-14-22-41(31-39)56-49-26-13-11-24-43(49)45-32-37(28-30-50(45)56)38-27-29-44-42-23-10-12-25-48(42)55(51(44)33-38)40-20-8-3-9-21-40;1-4-14-34(15-5-1)49-52-50(35-16-6-2-7-17-35)54-51(53-49)36-24-28-40(29-25-36)56-46-23-13-11-21-42(46)44-33-38(27-31-48(44)56)37-26-30-47-43(32-37)41-20-10-12-22-45(41)55(47)39-18-8-3-9-19-39/h1-34H;1-33H. The summed E-state index contributed by atoms with van der Waals surface area (Å²) in [7, 11) is 0. The monoisotopic (exact) mass is 1430 g/mol. The molecule has 524 valence electrons. The Labute approximate surface area is 645 Å². The summed E-state index contributed by atoms with van der Waals surface area (Å²) in [5.74, 6) is 2.63. The molecule has 112 heavy (non-hydrogen) atoms. The van der Waals surface area contributed by atoms with E-state index in [2.05, 4.69) is 352 Å². The Hall–Kier alpha value is -15.2. The van der Waals surface area contributed by atoms with Crippen molar-refractivity contribution in [2.75, 3.05) is 0 Å². The molecule has 0 amide bonds. The lowest BCUT2D eigenvalue weighted by Gasteiger charge is -2.12. The first kappa shape index (κ1) is 65.1. The van der Waals surface area contributed by atoms with E-state index in [9.17, 15) is 0 Å². The fourth-order valence-corrected chi connectivity index (χ4v) is 16.4. The van der Waals surface area contributed by atoms with E-state index in [0.29, 0.717) is 23.3 Å². The van der Waals surface area contributed by atoms with Crippen LogP contribution in [0, 0.1) is 0 Å². The molecule has 0 spiro atoms. The van der Waals surface area contributed by atoms with Crippen LogP contribution < -0.4 is 0 Å². The summed E-state index contributed by atoms with van der Waals surface area (Å²) in [6.45, 7) is 0. The minimum Gasteiger partial charge on any atom is -0.309 e. The summed E-state index contributed by atoms with van der Waals surface area (Å²) in [4.78, 5) is 25.0. The smallest absolute Gasteiger partial charge is 0.164 e. The molecular formula is C103H67N9. The van der Waals surface area contributed by atoms with Crippen LogP contribution >= 0.6 is 0 Å². The molecule has 9 nitrogen and oxygen atoms in total. The summed E-state index contributed by atoms with van der Waals surface area (Å²) in [5.41, 5.74) is 26.3. The molecule has 6 heterocycles. The number of fused-ring (bicyclic) bond motifs is 12. The first-order valence-electron chi connectivity index (χ1n) is 37.9. The molecule has 0 saturated heterocycles. The van der Waals surface area contributed by atoms with E-state index in [0.717, 1.165) is 89.6 Å². The third-order valence-electron chi connectivity index (χ3n) is 21.7. The van der Waals surface area contributed by atoms with Crippen molar-refractivity contribution in [1.29, 1.82) is 0 Å². The molecule has 6 aromatic heterocycles. The van der Waals surface area contributed by atoms with Gasteiger partial charge in [-0.1, -0.05) is 273 Å². The van der Waals surface area contributed by atoms with Crippen LogP contribution in [0.3, 0.4) is 0 Å². The van der Waals surface area contributed by atoms with Crippen molar-refractivity contribution < 1.29 is 0 Å². The van der Waals surface area contributed by atoms with E-state index in [1.165, 1.54) is 87.4 Å². The van der Waals surface area contributed by atoms with Crippen molar-refractivity contribution in [2.45, 2.75) is 0 Å². The first-order chi connectivity index (χ1) is 55.5. The maximum Gasteiger partial charge on any atom is 0.164 e. The van der Waals surface area contributed by atoms with Crippen LogP contribution in [-0.2, 0) is 0 Å². The Morgan fingerprint density at radius 2 is 0.402 bits per heavy atom. The van der Waals surface area contributed by atoms with Crippen LogP contribution in [0.1, 0.15) is 0 Å². The summed E-state index contributed by atoms with van der Waals surface area (Å²) >= 11 is 0. The van der Waals surface area contributed by atoms with Crippen molar-refractivity contribution >= 4 is 87.2 Å². The van der Waals surface area contributed by atoms with Gasteiger partial charge in [0.05, 0.1) is 55.5 Å². The highest BCUT2D eigenvalue weighted by molar-refractivity contribution is 6.15. The average Bonchev–Trinajstić information content (AvgIpc) is 1.59. The minimum absolute atomic E-state index is 0.639. The Morgan fingerprint density at radius 1 is 0.134 bits per heavy atom. The van der Waals surface area contributed by atoms with Gasteiger partial charge in [0.1, 0.15) is 0 Å². The Bertz CT molecular complexity index is 7220. The molecule has 0 radical (unpaired) electrons. The Balaban J connectivity index is 0.000000141. The second-order valence-corrected chi connectivity index (χ2v) is 28.3. The van der Waals surface area contributed by atoms with Gasteiger partial charge < -0.3 is 18.3 Å². The van der Waals surface area contributed by atoms with Crippen LogP contribution in [0.15, 0.2) is 406 Å². The Kier molecular flexibility index (Phi) is 16.0. The zero-order valence-corrected chi connectivity index (χ0v) is 60.7. The van der Waals surface area contributed by atoms with Gasteiger partial charge in [-0.15, -0.1) is 0 Å². The highest BCUT2D eigenvalue weighted by Gasteiger charge is 2.22. The van der Waals surface area contributed by atoms with Crippen LogP contribution in [-0.4, -0.2) is 43.2 Å². The van der Waals surface area contributed by atoms with Crippen molar-refractivity contribution in [3.8, 4) is 113 Å². The SMILES string of the molecule is c1ccc(-c2cc(-c3ccccc3)nc(-c3cccc(-n4c5ccccc5c5cc(-c6ccc7c8ccccc8n(-c8ccccc8)c7c6)ccc54)c3)n2)cc1.c1ccc(-c2nc(-c3ccccc3)nc(-c3ccc(-n4c5ccccc5c5cc(-c6ccc7c(c6)c6ccccc6n7-c6ccccc6)ccc54)cc3)n2)cc1. The lowest BCUT2D eigenvalue weighted by atomic mass is 10.0. The third kappa shape index (κ3) is 11.5. The van der Waals surface area contributed by atoms with E-state index in [1.807, 2.05) is 72.8 Å². The van der Waals surface area contributed by atoms with Crippen molar-refractivity contribution in [3.05, 3.63) is 406 Å². The summed E-state index contributed by atoms with van der Waals surface area (Å²) in [5, 5.41) is 9.85. The van der Waals surface area contributed by atoms with E-state index < -0.39 is 0 Å². The molecular weight excluding hydrogens is 1360 g/mol. The predicted octanol–water partition coefficient (Wildman–Crippen LogP) is 26.1. The van der Waals surface area contributed by atoms with Gasteiger partial charge in [0, 0.05) is 99.2 Å². The number of aromatic nitrogens is 9. The number of benzene rings is 16. The summed E-state index contributed by atoms with van der Waals surface area (Å²) in [6.07, 6.45) is 0. The minimum atomic E-state index is 0.639. The number of hydrogen-bond donors (Lipinski definition) is 0. The lowest BCUT2D eigenvalue weighted by Crippen LogP contribution is -2.00. The van der Waals surface area contributed by atoms with Crippen molar-refractivity contribution in [2.24, 2.45) is 0 Å². The molecule has 9 heteroatoms. The van der Waals surface area contributed by atoms with Gasteiger partial charge in [-0.3, -0.25) is 0 Å². The normalized spacial score (nSPS) is 11.6. The zero-order valence-electron chi connectivity index (χ0n) is 60.7. The fourth-order valence-electron chi connectivity index (χ4n) is 16.4. The fraction of sp³-hybridized carbons (Fsp3) is 0. The van der Waals surface area contributed by atoms with Crippen LogP contribution in [0.25, 0.3) is 200 Å². The number of rotatable bonds is 12. The van der Waals surface area contributed by atoms with Gasteiger partial charge in [-0.05, 0) is 156 Å². The van der Waals surface area contributed by atoms with Gasteiger partial charge in [0.2, 0.25) is 0 Å². The largest absolute Gasteiger partial charge is 0.309 e. The molecule has 22 rings (SSSR count). The summed E-state index contributed by atoms with van der Waals surface area (Å²) < 4.78 is 9.47. The second kappa shape index (κ2) is 27.5. The van der Waals surface area contributed by atoms with Crippen LogP contribution in [0.2, 0.25) is 0 Å². The van der Waals surface area contributed by atoms with Gasteiger partial charge in [-0.2, -0.15) is 0 Å². The molecule has 0 unspecified atom stereocenters. The molecule has 0 atom stereocenters. The molecule has 0 fully saturated rings. The highest BCUT2D eigenvalue weighted by Crippen LogP contribution is 2.43. The zero-order chi connectivity index (χ0) is 74.0. The van der Waals surface area contributed by atoms with Gasteiger partial charge in [0.15, 0.2) is 23.3 Å². The molecule has 0 saturated carbocycles. The first-order valence-corrected chi connectivity index (χ1v) is 37.9. The van der Waals surface area contributed by atoms with Gasteiger partial charge in [-0.25, -0.2) is 24.9 Å². The molecule has 22 aromatic rings. The van der Waals surface area contributed by atoms with Gasteiger partial charge in [0.25, 0.3) is 0 Å². The third-order valence-corrected chi connectivity index (χ3v) is 21.7. The molecule has 0 aliphatic heterocycles. The number of nitrogens with zero attached hydrogens (tertiary/aromatic N) is 9. The summed E-state index contributed by atoms with van der Waals surface area (Å²) in [6, 6.07) is 144. The number of hydrogen-bond acceptors (Lipinski definition) is 5. The molecule has 0 bridgehead atoms. The maximum atomic E-state index is 5.13. The second-order valence-electron chi connectivity index (χ2n) is 28.3. The van der Waals surface area contributed by atoms with E-state index in [-0.39, 0.29) is 0 Å². The van der Waals surface area contributed by atoms with Gasteiger partial charge >= 0.3 is 0 Å². The molecule has 0 N–H and O–H groups in total. The predicted molar refractivity (Wildman–Crippen MR) is 463 cm³/mol. The van der Waals surface area contributed by atoms with Crippen LogP contribution in [0.4, 0.5) is 0 Å².